The molecule has 3 amide bonds. The summed E-state index contributed by atoms with van der Waals surface area (Å²) in [6.45, 7) is 5.18. The molecule has 0 atom stereocenters. The third-order valence-electron chi connectivity index (χ3n) is 5.90. The van der Waals surface area contributed by atoms with Crippen LogP contribution in [0.3, 0.4) is 0 Å². The maximum atomic E-state index is 13.3. The fraction of sp³-hybridized carbons (Fsp3) is 0.269. The van der Waals surface area contributed by atoms with E-state index < -0.39 is 5.82 Å². The van der Waals surface area contributed by atoms with E-state index in [4.69, 9.17) is 11.6 Å². The first-order chi connectivity index (χ1) is 16.9. The van der Waals surface area contributed by atoms with Crippen molar-refractivity contribution < 1.29 is 14.0 Å². The molecular formula is C26H27ClFN5O2. The number of halogens is 2. The van der Waals surface area contributed by atoms with Gasteiger partial charge in [0.05, 0.1) is 6.20 Å². The summed E-state index contributed by atoms with van der Waals surface area (Å²) < 4.78 is 13.1. The van der Waals surface area contributed by atoms with Crippen molar-refractivity contribution >= 4 is 40.7 Å². The number of aromatic nitrogens is 1. The molecule has 1 aliphatic rings. The standard InChI is InChI=1S/C26H27ClFN5O2/c1-18-16-19(25(34)31-24-11-7-21(28)17-29-24)4-10-23(18)33(15-14-32-12-2-3-13-32)26(35)30-22-8-5-20(27)6-9-22/h4-11,16-17H,2-3,12-15H2,1H3,(H,30,35)(H,29,31,34). The van der Waals surface area contributed by atoms with Gasteiger partial charge in [-0.05, 0) is 93.0 Å². The molecule has 0 unspecified atom stereocenters. The predicted molar refractivity (Wildman–Crippen MR) is 137 cm³/mol. The van der Waals surface area contributed by atoms with Gasteiger partial charge in [-0.15, -0.1) is 0 Å². The number of amides is 3. The van der Waals surface area contributed by atoms with Gasteiger partial charge in [0.2, 0.25) is 0 Å². The maximum absolute atomic E-state index is 13.3. The second-order valence-electron chi connectivity index (χ2n) is 8.45. The van der Waals surface area contributed by atoms with E-state index >= 15 is 0 Å². The second kappa shape index (κ2) is 11.3. The van der Waals surface area contributed by atoms with E-state index in [-0.39, 0.29) is 17.8 Å². The summed E-state index contributed by atoms with van der Waals surface area (Å²) in [4.78, 5) is 33.9. The Balaban J connectivity index is 1.52. The van der Waals surface area contributed by atoms with Crippen molar-refractivity contribution in [1.29, 1.82) is 0 Å². The molecule has 0 radical (unpaired) electrons. The Morgan fingerprint density at radius 1 is 1.06 bits per heavy atom. The van der Waals surface area contributed by atoms with Gasteiger partial charge in [0.1, 0.15) is 11.6 Å². The van der Waals surface area contributed by atoms with Gasteiger partial charge in [-0.1, -0.05) is 11.6 Å². The molecule has 1 aromatic heterocycles. The largest absolute Gasteiger partial charge is 0.326 e. The van der Waals surface area contributed by atoms with Gasteiger partial charge in [0.15, 0.2) is 0 Å². The maximum Gasteiger partial charge on any atom is 0.326 e. The molecule has 182 valence electrons. The smallest absolute Gasteiger partial charge is 0.308 e. The van der Waals surface area contributed by atoms with Crippen LogP contribution in [0.4, 0.5) is 26.4 Å². The Labute approximate surface area is 208 Å². The van der Waals surface area contributed by atoms with Gasteiger partial charge in [-0.3, -0.25) is 9.69 Å². The van der Waals surface area contributed by atoms with E-state index in [1.54, 1.807) is 47.4 Å². The lowest BCUT2D eigenvalue weighted by molar-refractivity contribution is 0.102. The lowest BCUT2D eigenvalue weighted by atomic mass is 10.1. The lowest BCUT2D eigenvalue weighted by Gasteiger charge is -2.27. The average molecular weight is 496 g/mol. The first-order valence-corrected chi connectivity index (χ1v) is 11.9. The van der Waals surface area contributed by atoms with E-state index in [9.17, 15) is 14.0 Å². The average Bonchev–Trinajstić information content (AvgIpc) is 3.36. The molecule has 1 fully saturated rings. The molecule has 2 heterocycles. The summed E-state index contributed by atoms with van der Waals surface area (Å²) in [5, 5.41) is 6.19. The van der Waals surface area contributed by atoms with Gasteiger partial charge < -0.3 is 15.5 Å². The highest BCUT2D eigenvalue weighted by atomic mass is 35.5. The number of aryl methyl sites for hydroxylation is 1. The van der Waals surface area contributed by atoms with Crippen molar-refractivity contribution in [3.8, 4) is 0 Å². The topological polar surface area (TPSA) is 77.6 Å². The highest BCUT2D eigenvalue weighted by Crippen LogP contribution is 2.24. The molecule has 3 aromatic rings. The summed E-state index contributed by atoms with van der Waals surface area (Å²) >= 11 is 5.97. The molecule has 7 nitrogen and oxygen atoms in total. The number of urea groups is 1. The third kappa shape index (κ3) is 6.55. The number of carbonyl (C=O) groups is 2. The van der Waals surface area contributed by atoms with Crippen LogP contribution < -0.4 is 15.5 Å². The summed E-state index contributed by atoms with van der Waals surface area (Å²) in [7, 11) is 0. The SMILES string of the molecule is Cc1cc(C(=O)Nc2ccc(F)cn2)ccc1N(CCN1CCCC1)C(=O)Nc1ccc(Cl)cc1. The van der Waals surface area contributed by atoms with E-state index in [2.05, 4.69) is 20.5 Å². The summed E-state index contributed by atoms with van der Waals surface area (Å²) in [5.74, 6) is -0.588. The zero-order chi connectivity index (χ0) is 24.8. The van der Waals surface area contributed by atoms with E-state index in [1.165, 1.54) is 25.0 Å². The van der Waals surface area contributed by atoms with Crippen LogP contribution in [0.25, 0.3) is 0 Å². The Hall–Kier alpha value is -3.49. The van der Waals surface area contributed by atoms with Crippen LogP contribution in [-0.2, 0) is 0 Å². The molecule has 9 heteroatoms. The molecule has 1 saturated heterocycles. The van der Waals surface area contributed by atoms with Gasteiger partial charge in [-0.2, -0.15) is 0 Å². The number of carbonyl (C=O) groups excluding carboxylic acids is 2. The molecule has 0 saturated carbocycles. The zero-order valence-electron chi connectivity index (χ0n) is 19.4. The van der Waals surface area contributed by atoms with Crippen LogP contribution in [0.1, 0.15) is 28.8 Å². The molecule has 0 spiro atoms. The van der Waals surface area contributed by atoms with Crippen LogP contribution >= 0.6 is 11.6 Å². The molecule has 0 bridgehead atoms. The van der Waals surface area contributed by atoms with Crippen LogP contribution in [0.2, 0.25) is 5.02 Å². The van der Waals surface area contributed by atoms with Gasteiger partial charge in [0, 0.05) is 35.1 Å². The fourth-order valence-electron chi connectivity index (χ4n) is 4.04. The molecular weight excluding hydrogens is 469 g/mol. The Bertz CT molecular complexity index is 1180. The lowest BCUT2D eigenvalue weighted by Crippen LogP contribution is -2.41. The van der Waals surface area contributed by atoms with Crippen LogP contribution in [0.5, 0.6) is 0 Å². The Kier molecular flexibility index (Phi) is 7.94. The molecule has 4 rings (SSSR count). The minimum Gasteiger partial charge on any atom is -0.308 e. The van der Waals surface area contributed by atoms with Crippen molar-refractivity contribution in [2.24, 2.45) is 0 Å². The van der Waals surface area contributed by atoms with E-state index in [0.29, 0.717) is 28.5 Å². The molecule has 2 N–H and O–H groups in total. The molecule has 1 aliphatic heterocycles. The Morgan fingerprint density at radius 2 is 1.80 bits per heavy atom. The number of nitrogens with zero attached hydrogens (tertiary/aromatic N) is 3. The predicted octanol–water partition coefficient (Wildman–Crippen LogP) is 5.57. The summed E-state index contributed by atoms with van der Waals surface area (Å²) in [6, 6.07) is 14.5. The highest BCUT2D eigenvalue weighted by Gasteiger charge is 2.21. The van der Waals surface area contributed by atoms with Gasteiger partial charge >= 0.3 is 6.03 Å². The van der Waals surface area contributed by atoms with Crippen LogP contribution in [0.15, 0.2) is 60.8 Å². The van der Waals surface area contributed by atoms with Gasteiger partial charge in [-0.25, -0.2) is 14.2 Å². The van der Waals surface area contributed by atoms with Crippen LogP contribution in [0, 0.1) is 12.7 Å². The number of benzene rings is 2. The number of nitrogens with one attached hydrogen (secondary N) is 2. The number of hydrogen-bond acceptors (Lipinski definition) is 4. The first-order valence-electron chi connectivity index (χ1n) is 11.5. The highest BCUT2D eigenvalue weighted by molar-refractivity contribution is 6.30. The normalized spacial score (nSPS) is 13.5. The number of rotatable bonds is 7. The van der Waals surface area contributed by atoms with Crippen molar-refractivity contribution in [3.63, 3.8) is 0 Å². The number of anilines is 3. The van der Waals surface area contributed by atoms with Crippen molar-refractivity contribution in [2.75, 3.05) is 41.7 Å². The zero-order valence-corrected chi connectivity index (χ0v) is 20.2. The minimum atomic E-state index is -0.478. The Morgan fingerprint density at radius 3 is 2.46 bits per heavy atom. The molecule has 2 aromatic carbocycles. The van der Waals surface area contributed by atoms with Crippen molar-refractivity contribution in [2.45, 2.75) is 19.8 Å². The van der Waals surface area contributed by atoms with E-state index in [1.807, 2.05) is 6.92 Å². The monoisotopic (exact) mass is 495 g/mol. The van der Waals surface area contributed by atoms with Gasteiger partial charge in [0.25, 0.3) is 5.91 Å². The quantitative estimate of drug-likeness (QED) is 0.449. The number of hydrogen-bond donors (Lipinski definition) is 2. The first kappa shape index (κ1) is 24.6. The van der Waals surface area contributed by atoms with Crippen molar-refractivity contribution in [3.05, 3.63) is 82.8 Å². The second-order valence-corrected chi connectivity index (χ2v) is 8.89. The minimum absolute atomic E-state index is 0.257. The van der Waals surface area contributed by atoms with Crippen LogP contribution in [-0.4, -0.2) is 48.0 Å². The van der Waals surface area contributed by atoms with Crippen molar-refractivity contribution in [1.82, 2.24) is 9.88 Å². The number of likely N-dealkylation sites (tertiary alicyclic amines) is 1. The third-order valence-corrected chi connectivity index (χ3v) is 6.15. The molecule has 0 aliphatic carbocycles. The van der Waals surface area contributed by atoms with E-state index in [0.717, 1.165) is 31.4 Å². The fourth-order valence-corrected chi connectivity index (χ4v) is 4.17. The summed E-state index contributed by atoms with van der Waals surface area (Å²) in [6.07, 6.45) is 3.38. The number of pyridine rings is 1. The molecule has 35 heavy (non-hydrogen) atoms. The summed E-state index contributed by atoms with van der Waals surface area (Å²) in [5.41, 5.74) is 2.55.